The van der Waals surface area contributed by atoms with Crippen LogP contribution >= 0.6 is 0 Å². The minimum absolute atomic E-state index is 0.0627. The molecule has 0 aliphatic carbocycles. The smallest absolute Gasteiger partial charge is 0.263 e. The Morgan fingerprint density at radius 2 is 2.17 bits per heavy atom. The number of nitriles is 1. The third-order valence-electron chi connectivity index (χ3n) is 3.26. The molecule has 7 nitrogen and oxygen atoms in total. The first kappa shape index (κ1) is 16.6. The summed E-state index contributed by atoms with van der Waals surface area (Å²) in [5, 5.41) is 23.7. The predicted molar refractivity (Wildman–Crippen MR) is 82.4 cm³/mol. The summed E-state index contributed by atoms with van der Waals surface area (Å²) >= 11 is 0. The Morgan fingerprint density at radius 1 is 1.43 bits per heavy atom. The van der Waals surface area contributed by atoms with Gasteiger partial charge in [0.2, 0.25) is 6.79 Å². The van der Waals surface area contributed by atoms with Crippen molar-refractivity contribution in [2.45, 2.75) is 25.9 Å². The van der Waals surface area contributed by atoms with E-state index in [0.717, 1.165) is 5.56 Å². The Bertz CT molecular complexity index is 662. The molecule has 1 heterocycles. The summed E-state index contributed by atoms with van der Waals surface area (Å²) in [6.07, 6.45) is 1.31. The topological polar surface area (TPSA) is 104 Å². The summed E-state index contributed by atoms with van der Waals surface area (Å²) in [6, 6.07) is 7.21. The van der Waals surface area contributed by atoms with E-state index in [-0.39, 0.29) is 25.5 Å². The monoisotopic (exact) mass is 317 g/mol. The predicted octanol–water partition coefficient (Wildman–Crippen LogP) is 0.799. The van der Waals surface area contributed by atoms with Crippen molar-refractivity contribution in [2.75, 3.05) is 13.4 Å². The third-order valence-corrected chi connectivity index (χ3v) is 3.26. The molecule has 3 N–H and O–H groups in total. The molecule has 1 aliphatic heterocycles. The molecule has 0 unspecified atom stereocenters. The summed E-state index contributed by atoms with van der Waals surface area (Å²) in [7, 11) is 0. The van der Waals surface area contributed by atoms with Crippen LogP contribution in [0.5, 0.6) is 11.5 Å². The van der Waals surface area contributed by atoms with E-state index in [2.05, 4.69) is 10.6 Å². The number of hydrogen-bond donors (Lipinski definition) is 3. The number of fused-ring (bicyclic) bond motifs is 1. The lowest BCUT2D eigenvalue weighted by atomic mass is 10.1. The van der Waals surface area contributed by atoms with Crippen molar-refractivity contribution in [3.8, 4) is 17.6 Å². The van der Waals surface area contributed by atoms with Gasteiger partial charge in [0.05, 0.1) is 12.1 Å². The number of carbonyl (C=O) groups is 1. The Labute approximate surface area is 134 Å². The maximum atomic E-state index is 12.0. The molecule has 1 aromatic carbocycles. The molecule has 1 aliphatic rings. The molecule has 0 saturated heterocycles. The van der Waals surface area contributed by atoms with Gasteiger partial charge in [0.25, 0.3) is 5.91 Å². The van der Waals surface area contributed by atoms with Gasteiger partial charge in [-0.15, -0.1) is 0 Å². The molecule has 7 heteroatoms. The Balaban J connectivity index is 1.95. The molecule has 0 radical (unpaired) electrons. The molecule has 122 valence electrons. The number of aliphatic hydroxyl groups is 1. The van der Waals surface area contributed by atoms with E-state index in [1.165, 1.54) is 6.20 Å². The molecule has 2 rings (SSSR count). The Morgan fingerprint density at radius 3 is 2.87 bits per heavy atom. The van der Waals surface area contributed by atoms with Gasteiger partial charge in [0.1, 0.15) is 11.6 Å². The zero-order valence-electron chi connectivity index (χ0n) is 13.0. The molecular formula is C16H19N3O4. The van der Waals surface area contributed by atoms with Crippen LogP contribution in [0.2, 0.25) is 0 Å². The number of amides is 1. The lowest BCUT2D eigenvalue weighted by Crippen LogP contribution is -2.40. The average molecular weight is 317 g/mol. The van der Waals surface area contributed by atoms with Crippen LogP contribution in [0, 0.1) is 11.3 Å². The second kappa shape index (κ2) is 7.03. The van der Waals surface area contributed by atoms with Crippen LogP contribution in [0.15, 0.2) is 30.0 Å². The Kier molecular flexibility index (Phi) is 5.09. The first-order valence-corrected chi connectivity index (χ1v) is 7.11. The van der Waals surface area contributed by atoms with E-state index in [1.807, 2.05) is 12.1 Å². The van der Waals surface area contributed by atoms with Crippen molar-refractivity contribution in [3.63, 3.8) is 0 Å². The molecule has 1 aromatic rings. The molecule has 0 fully saturated rings. The quantitative estimate of drug-likeness (QED) is 0.530. The van der Waals surface area contributed by atoms with Crippen molar-refractivity contribution in [1.29, 1.82) is 5.26 Å². The first-order valence-electron chi connectivity index (χ1n) is 7.11. The summed E-state index contributed by atoms with van der Waals surface area (Å²) in [4.78, 5) is 12.0. The minimum atomic E-state index is -0.611. The summed E-state index contributed by atoms with van der Waals surface area (Å²) in [5.74, 6) is 0.818. The standard InChI is InChI=1S/C16H19N3O4/c1-16(2,9-20)19-8-12(6-17)15(21)18-7-11-3-4-13-14(5-11)23-10-22-13/h3-5,8,19-20H,7,9-10H2,1-2H3,(H,18,21)/b12-8-. The zero-order valence-corrected chi connectivity index (χ0v) is 13.0. The highest BCUT2D eigenvalue weighted by Gasteiger charge is 2.16. The van der Waals surface area contributed by atoms with Crippen LogP contribution < -0.4 is 20.1 Å². The number of rotatable bonds is 6. The summed E-state index contributed by atoms with van der Waals surface area (Å²) in [5.41, 5.74) is 0.162. The fraction of sp³-hybridized carbons (Fsp3) is 0.375. The van der Waals surface area contributed by atoms with Gasteiger partial charge in [-0.2, -0.15) is 5.26 Å². The van der Waals surface area contributed by atoms with E-state index < -0.39 is 11.4 Å². The highest BCUT2D eigenvalue weighted by molar-refractivity contribution is 5.97. The van der Waals surface area contributed by atoms with E-state index in [0.29, 0.717) is 11.5 Å². The molecule has 0 aromatic heterocycles. The SMILES string of the molecule is CC(C)(CO)N/C=C(/C#N)C(=O)NCc1ccc2c(c1)OCO2. The summed E-state index contributed by atoms with van der Waals surface area (Å²) < 4.78 is 10.5. The van der Waals surface area contributed by atoms with Gasteiger partial charge in [-0.1, -0.05) is 6.07 Å². The largest absolute Gasteiger partial charge is 0.454 e. The number of hydrogen-bond acceptors (Lipinski definition) is 6. The zero-order chi connectivity index (χ0) is 16.9. The molecule has 0 spiro atoms. The van der Waals surface area contributed by atoms with Crippen LogP contribution in [0.4, 0.5) is 0 Å². The van der Waals surface area contributed by atoms with Crippen molar-refractivity contribution in [3.05, 3.63) is 35.5 Å². The molecule has 0 saturated carbocycles. The average Bonchev–Trinajstić information content (AvgIpc) is 3.01. The van der Waals surface area contributed by atoms with Crippen molar-refractivity contribution >= 4 is 5.91 Å². The van der Waals surface area contributed by atoms with Gasteiger partial charge in [-0.05, 0) is 31.5 Å². The van der Waals surface area contributed by atoms with Gasteiger partial charge in [0, 0.05) is 12.7 Å². The Hall–Kier alpha value is -2.72. The first-order chi connectivity index (χ1) is 10.9. The van der Waals surface area contributed by atoms with Crippen LogP contribution in [-0.4, -0.2) is 30.0 Å². The number of nitrogens with one attached hydrogen (secondary N) is 2. The van der Waals surface area contributed by atoms with E-state index in [4.69, 9.17) is 19.8 Å². The number of ether oxygens (including phenoxy) is 2. The van der Waals surface area contributed by atoms with Crippen molar-refractivity contribution in [1.82, 2.24) is 10.6 Å². The molecule has 23 heavy (non-hydrogen) atoms. The number of aliphatic hydroxyl groups excluding tert-OH is 1. The van der Waals surface area contributed by atoms with E-state index in [1.54, 1.807) is 26.0 Å². The van der Waals surface area contributed by atoms with E-state index in [9.17, 15) is 4.79 Å². The number of carbonyl (C=O) groups excluding carboxylic acids is 1. The second-order valence-corrected chi connectivity index (χ2v) is 5.73. The van der Waals surface area contributed by atoms with Gasteiger partial charge in [0.15, 0.2) is 11.5 Å². The van der Waals surface area contributed by atoms with Crippen LogP contribution in [-0.2, 0) is 11.3 Å². The molecular weight excluding hydrogens is 298 g/mol. The lowest BCUT2D eigenvalue weighted by molar-refractivity contribution is -0.117. The van der Waals surface area contributed by atoms with Crippen LogP contribution in [0.1, 0.15) is 19.4 Å². The van der Waals surface area contributed by atoms with Gasteiger partial charge < -0.3 is 25.2 Å². The molecule has 0 atom stereocenters. The fourth-order valence-corrected chi connectivity index (χ4v) is 1.79. The normalized spacial score (nSPS) is 13.4. The highest BCUT2D eigenvalue weighted by atomic mass is 16.7. The van der Waals surface area contributed by atoms with Gasteiger partial charge >= 0.3 is 0 Å². The molecule has 1 amide bonds. The molecule has 0 bridgehead atoms. The number of benzene rings is 1. The van der Waals surface area contributed by atoms with Crippen LogP contribution in [0.3, 0.4) is 0 Å². The van der Waals surface area contributed by atoms with Crippen molar-refractivity contribution in [2.24, 2.45) is 0 Å². The second-order valence-electron chi connectivity index (χ2n) is 5.73. The fourth-order valence-electron chi connectivity index (χ4n) is 1.79. The highest BCUT2D eigenvalue weighted by Crippen LogP contribution is 2.32. The maximum Gasteiger partial charge on any atom is 0.263 e. The third kappa shape index (κ3) is 4.37. The van der Waals surface area contributed by atoms with Crippen LogP contribution in [0.25, 0.3) is 0 Å². The van der Waals surface area contributed by atoms with E-state index >= 15 is 0 Å². The maximum absolute atomic E-state index is 12.0. The minimum Gasteiger partial charge on any atom is -0.454 e. The van der Waals surface area contributed by atoms with Gasteiger partial charge in [-0.3, -0.25) is 4.79 Å². The number of nitrogens with zero attached hydrogens (tertiary/aromatic N) is 1. The van der Waals surface area contributed by atoms with Crippen molar-refractivity contribution < 1.29 is 19.4 Å². The summed E-state index contributed by atoms with van der Waals surface area (Å²) in [6.45, 7) is 3.84. The van der Waals surface area contributed by atoms with Gasteiger partial charge in [-0.25, -0.2) is 0 Å². The lowest BCUT2D eigenvalue weighted by Gasteiger charge is -2.22.